The van der Waals surface area contributed by atoms with Crippen molar-refractivity contribution in [2.45, 2.75) is 25.8 Å². The topological polar surface area (TPSA) is 52.7 Å². The van der Waals surface area contributed by atoms with E-state index < -0.39 is 0 Å². The van der Waals surface area contributed by atoms with Crippen LogP contribution in [0.15, 0.2) is 54.7 Å². The second-order valence-corrected chi connectivity index (χ2v) is 7.45. The number of likely N-dealkylation sites (N-methyl/N-ethyl adjacent to an activating group) is 1. The van der Waals surface area contributed by atoms with E-state index in [0.29, 0.717) is 16.7 Å². The summed E-state index contributed by atoms with van der Waals surface area (Å²) in [5.41, 5.74) is 3.93. The number of carbonyl (C=O) groups is 2. The van der Waals surface area contributed by atoms with Crippen molar-refractivity contribution in [1.82, 2.24) is 9.80 Å². The highest BCUT2D eigenvalue weighted by atomic mass is 16.2. The zero-order valence-electron chi connectivity index (χ0n) is 16.1. The lowest BCUT2D eigenvalue weighted by molar-refractivity contribution is -0.121. The molecule has 0 aliphatic carbocycles. The van der Waals surface area contributed by atoms with Crippen LogP contribution in [0.25, 0.3) is 5.57 Å². The van der Waals surface area contributed by atoms with Gasteiger partial charge in [-0.2, -0.15) is 0 Å². The van der Waals surface area contributed by atoms with Crippen molar-refractivity contribution < 1.29 is 9.59 Å². The van der Waals surface area contributed by atoms with E-state index in [0.717, 1.165) is 17.1 Å². The maximum absolute atomic E-state index is 12.6. The second kappa shape index (κ2) is 7.98. The molecule has 0 saturated carbocycles. The van der Waals surface area contributed by atoms with Crippen molar-refractivity contribution in [3.05, 3.63) is 71.4 Å². The molecule has 2 aliphatic heterocycles. The van der Waals surface area contributed by atoms with Gasteiger partial charge in [-0.3, -0.25) is 19.4 Å². The minimum Gasteiger partial charge on any atom is -0.361 e. The maximum Gasteiger partial charge on any atom is 0.262 e. The first kappa shape index (κ1) is 18.4. The van der Waals surface area contributed by atoms with Crippen molar-refractivity contribution in [3.63, 3.8) is 0 Å². The summed E-state index contributed by atoms with van der Waals surface area (Å²) in [4.78, 5) is 28.6. The Labute approximate surface area is 165 Å². The highest BCUT2D eigenvalue weighted by Gasteiger charge is 2.31. The third kappa shape index (κ3) is 3.71. The molecule has 0 radical (unpaired) electrons. The van der Waals surface area contributed by atoms with E-state index in [2.05, 4.69) is 22.3 Å². The van der Waals surface area contributed by atoms with Crippen LogP contribution in [0.2, 0.25) is 0 Å². The molecular weight excluding hydrogens is 350 g/mol. The first-order valence-electron chi connectivity index (χ1n) is 9.83. The molecule has 2 aromatic rings. The summed E-state index contributed by atoms with van der Waals surface area (Å²) >= 11 is 0. The fraction of sp³-hybridized carbons (Fsp3) is 0.304. The van der Waals surface area contributed by atoms with Crippen LogP contribution < -0.4 is 5.32 Å². The number of benzene rings is 2. The molecular formula is C23H25N3O2. The zero-order valence-corrected chi connectivity index (χ0v) is 16.1. The van der Waals surface area contributed by atoms with Crippen LogP contribution in [-0.2, 0) is 11.3 Å². The lowest BCUT2D eigenvalue weighted by atomic mass is 9.94. The summed E-state index contributed by atoms with van der Waals surface area (Å²) in [6.45, 7) is 3.35. The Morgan fingerprint density at radius 1 is 0.893 bits per heavy atom. The average Bonchev–Trinajstić information content (AvgIpc) is 2.74. The fourth-order valence-electron chi connectivity index (χ4n) is 3.85. The SMILES string of the molecule is CN1C(=O)/C(=C\Nc2ccc(CN3CCCCC3)cc2)c2ccccc2C1=O. The number of nitrogens with one attached hydrogen (secondary N) is 1. The van der Waals surface area contributed by atoms with Crippen LogP contribution >= 0.6 is 0 Å². The van der Waals surface area contributed by atoms with Crippen molar-refractivity contribution in [3.8, 4) is 0 Å². The van der Waals surface area contributed by atoms with E-state index in [9.17, 15) is 9.59 Å². The highest BCUT2D eigenvalue weighted by Crippen LogP contribution is 2.28. The standard InChI is InChI=1S/C23H25N3O2/c1-25-22(27)20-8-4-3-7-19(20)21(23(25)28)15-24-18-11-9-17(10-12-18)16-26-13-5-2-6-14-26/h3-4,7-12,15,24H,2,5-6,13-14,16H2,1H3/b21-15-. The van der Waals surface area contributed by atoms with Crippen LogP contribution in [-0.4, -0.2) is 41.8 Å². The number of imide groups is 1. The Morgan fingerprint density at radius 2 is 1.57 bits per heavy atom. The second-order valence-electron chi connectivity index (χ2n) is 7.45. The summed E-state index contributed by atoms with van der Waals surface area (Å²) in [5.74, 6) is -0.558. The number of nitrogens with zero attached hydrogens (tertiary/aromatic N) is 2. The van der Waals surface area contributed by atoms with Crippen molar-refractivity contribution in [2.75, 3.05) is 25.5 Å². The molecule has 0 unspecified atom stereocenters. The largest absolute Gasteiger partial charge is 0.361 e. The first-order valence-corrected chi connectivity index (χ1v) is 9.83. The molecule has 1 N–H and O–H groups in total. The Morgan fingerprint density at radius 3 is 2.29 bits per heavy atom. The number of hydrogen-bond donors (Lipinski definition) is 1. The van der Waals surface area contributed by atoms with Gasteiger partial charge in [0.1, 0.15) is 0 Å². The van der Waals surface area contributed by atoms with Crippen LogP contribution in [0.5, 0.6) is 0 Å². The van der Waals surface area contributed by atoms with Crippen LogP contribution in [0.4, 0.5) is 5.69 Å². The zero-order chi connectivity index (χ0) is 19.5. The summed E-state index contributed by atoms with van der Waals surface area (Å²) in [6, 6.07) is 15.5. The monoisotopic (exact) mass is 375 g/mol. The maximum atomic E-state index is 12.6. The molecule has 0 aromatic heterocycles. The summed E-state index contributed by atoms with van der Waals surface area (Å²) < 4.78 is 0. The van der Waals surface area contributed by atoms with E-state index in [1.165, 1.54) is 45.0 Å². The number of carbonyl (C=O) groups excluding carboxylic acids is 2. The van der Waals surface area contributed by atoms with Gasteiger partial charge in [-0.25, -0.2) is 0 Å². The summed E-state index contributed by atoms with van der Waals surface area (Å²) in [6.07, 6.45) is 5.62. The molecule has 28 heavy (non-hydrogen) atoms. The van der Waals surface area contributed by atoms with Gasteiger partial charge in [-0.05, 0) is 49.7 Å². The van der Waals surface area contributed by atoms with Crippen LogP contribution in [0.1, 0.15) is 40.7 Å². The van der Waals surface area contributed by atoms with Gasteiger partial charge in [-0.15, -0.1) is 0 Å². The Bertz CT molecular complexity index is 912. The number of hydrogen-bond acceptors (Lipinski definition) is 4. The number of fused-ring (bicyclic) bond motifs is 1. The van der Waals surface area contributed by atoms with E-state index in [4.69, 9.17) is 0 Å². The number of amides is 2. The van der Waals surface area contributed by atoms with Crippen molar-refractivity contribution in [2.24, 2.45) is 0 Å². The Balaban J connectivity index is 1.50. The van der Waals surface area contributed by atoms with Gasteiger partial charge in [0.25, 0.3) is 11.8 Å². The van der Waals surface area contributed by atoms with E-state index in [1.807, 2.05) is 30.3 Å². The first-order chi connectivity index (χ1) is 13.6. The third-order valence-corrected chi connectivity index (χ3v) is 5.48. The molecule has 1 fully saturated rings. The molecule has 0 spiro atoms. The lowest BCUT2D eigenvalue weighted by Gasteiger charge is -2.26. The average molecular weight is 375 g/mol. The molecule has 5 heteroatoms. The highest BCUT2D eigenvalue weighted by molar-refractivity contribution is 6.30. The Kier molecular flexibility index (Phi) is 5.26. The predicted molar refractivity (Wildman–Crippen MR) is 111 cm³/mol. The molecule has 144 valence electrons. The third-order valence-electron chi connectivity index (χ3n) is 5.48. The minimum absolute atomic E-state index is 0.264. The molecule has 2 amide bonds. The van der Waals surface area contributed by atoms with E-state index in [1.54, 1.807) is 12.3 Å². The van der Waals surface area contributed by atoms with Gasteiger partial charge >= 0.3 is 0 Å². The molecule has 0 bridgehead atoms. The van der Waals surface area contributed by atoms with Gasteiger partial charge in [0.05, 0.1) is 5.57 Å². The van der Waals surface area contributed by atoms with Crippen molar-refractivity contribution in [1.29, 1.82) is 0 Å². The van der Waals surface area contributed by atoms with Crippen LogP contribution in [0, 0.1) is 0 Å². The van der Waals surface area contributed by atoms with Gasteiger partial charge in [0, 0.05) is 36.6 Å². The van der Waals surface area contributed by atoms with Crippen molar-refractivity contribution >= 4 is 23.1 Å². The number of piperidine rings is 1. The molecule has 2 aliphatic rings. The van der Waals surface area contributed by atoms with Gasteiger partial charge in [-0.1, -0.05) is 36.8 Å². The fourth-order valence-corrected chi connectivity index (χ4v) is 3.85. The molecule has 2 aromatic carbocycles. The van der Waals surface area contributed by atoms with Gasteiger partial charge in [0.15, 0.2) is 0 Å². The van der Waals surface area contributed by atoms with Gasteiger partial charge < -0.3 is 5.32 Å². The lowest BCUT2D eigenvalue weighted by Crippen LogP contribution is -2.38. The number of likely N-dealkylation sites (tertiary alicyclic amines) is 1. The van der Waals surface area contributed by atoms with Gasteiger partial charge in [0.2, 0.25) is 0 Å². The number of rotatable bonds is 4. The van der Waals surface area contributed by atoms with E-state index >= 15 is 0 Å². The molecule has 5 nitrogen and oxygen atoms in total. The molecule has 1 saturated heterocycles. The molecule has 2 heterocycles. The normalized spacial score (nSPS) is 19.0. The smallest absolute Gasteiger partial charge is 0.262 e. The molecule has 0 atom stereocenters. The predicted octanol–water partition coefficient (Wildman–Crippen LogP) is 3.74. The molecule has 4 rings (SSSR count). The summed E-state index contributed by atoms with van der Waals surface area (Å²) in [7, 11) is 1.52. The quantitative estimate of drug-likeness (QED) is 0.653. The minimum atomic E-state index is -0.294. The summed E-state index contributed by atoms with van der Waals surface area (Å²) in [5, 5.41) is 3.22. The Hall–Kier alpha value is -2.92. The van der Waals surface area contributed by atoms with E-state index in [-0.39, 0.29) is 11.8 Å². The van der Waals surface area contributed by atoms with Crippen LogP contribution in [0.3, 0.4) is 0 Å². The number of anilines is 1.